The fraction of sp³-hybridized carbons (Fsp3) is 0.571. The zero-order chi connectivity index (χ0) is 58.8. The van der Waals surface area contributed by atoms with Crippen LogP contribution in [0.2, 0.25) is 20.6 Å². The number of aryl methyl sites for hydroxylation is 2. The van der Waals surface area contributed by atoms with Gasteiger partial charge in [0.25, 0.3) is 17.7 Å². The molecule has 4 atom stereocenters. The number of hydrogen-bond donors (Lipinski definition) is 5. The Morgan fingerprint density at radius 2 is 1.06 bits per heavy atom. The molecule has 4 aliphatic heterocycles. The van der Waals surface area contributed by atoms with Gasteiger partial charge >= 0.3 is 18.9 Å². The number of carbonyl (C=O) groups excluding carboxylic acids is 2. The molecule has 0 spiro atoms. The quantitative estimate of drug-likeness (QED) is 0.0505. The van der Waals surface area contributed by atoms with Crippen LogP contribution in [-0.2, 0) is 17.6 Å². The fourth-order valence-corrected chi connectivity index (χ4v) is 11.8. The van der Waals surface area contributed by atoms with E-state index in [0.717, 1.165) is 77.8 Å². The largest absolute Gasteiger partial charge is 1.00 e. The third-order valence-electron chi connectivity index (χ3n) is 15.4. The first-order valence-corrected chi connectivity index (χ1v) is 29.5. The van der Waals surface area contributed by atoms with Crippen LogP contribution < -0.4 is 56.9 Å². The summed E-state index contributed by atoms with van der Waals surface area (Å²) in [5.41, 5.74) is 25.1. The third kappa shape index (κ3) is 17.3. The van der Waals surface area contributed by atoms with Crippen LogP contribution >= 0.6 is 46.4 Å². The summed E-state index contributed by atoms with van der Waals surface area (Å²) in [6.45, 7) is 19.8. The molecule has 6 aromatic rings. The first-order valence-electron chi connectivity index (χ1n) is 28.0. The topological polar surface area (TPSA) is 352 Å². The summed E-state index contributed by atoms with van der Waals surface area (Å²) >= 11 is 24.6. The van der Waals surface area contributed by atoms with Crippen molar-refractivity contribution in [2.45, 2.75) is 157 Å². The van der Waals surface area contributed by atoms with Gasteiger partial charge < -0.3 is 62.1 Å². The Hall–Kier alpha value is -5.72. The van der Waals surface area contributed by atoms with Crippen molar-refractivity contribution < 1.29 is 42.8 Å². The van der Waals surface area contributed by atoms with Crippen molar-refractivity contribution in [1.82, 2.24) is 70.3 Å². The minimum atomic E-state index is -0.105. The maximum atomic E-state index is 13.1. The Balaban J connectivity index is 0.000000311. The van der Waals surface area contributed by atoms with Crippen molar-refractivity contribution in [2.24, 2.45) is 0 Å². The molecule has 10 N–H and O–H groups in total. The molecule has 4 fully saturated rings. The molecule has 10 heterocycles. The molecule has 0 radical (unpaired) electrons. The number of piperidine rings is 2. The van der Waals surface area contributed by atoms with Gasteiger partial charge in [-0.3, -0.25) is 19.6 Å². The number of pyridine rings is 2. The summed E-state index contributed by atoms with van der Waals surface area (Å²) in [6.07, 6.45) is 11.0. The molecule has 466 valence electrons. The number of amides is 1. The molecule has 30 heteroatoms. The van der Waals surface area contributed by atoms with Gasteiger partial charge in [-0.1, -0.05) is 95.0 Å². The van der Waals surface area contributed by atoms with Crippen LogP contribution in [0.3, 0.4) is 0 Å². The van der Waals surface area contributed by atoms with Crippen LogP contribution in [0.5, 0.6) is 0 Å². The molecule has 25 nitrogen and oxygen atoms in total. The Morgan fingerprint density at radius 3 is 1.48 bits per heavy atom. The van der Waals surface area contributed by atoms with Gasteiger partial charge in [-0.05, 0) is 90.4 Å². The van der Waals surface area contributed by atoms with E-state index in [2.05, 4.69) is 110 Å². The van der Waals surface area contributed by atoms with Gasteiger partial charge in [0.1, 0.15) is 16.1 Å². The summed E-state index contributed by atoms with van der Waals surface area (Å²) in [7, 11) is 0. The molecule has 0 saturated carbocycles. The smallest absolute Gasteiger partial charge is 0.870 e. The summed E-state index contributed by atoms with van der Waals surface area (Å²) in [5.74, 6) is 3.39. The molecule has 86 heavy (non-hydrogen) atoms. The van der Waals surface area contributed by atoms with Gasteiger partial charge in [0.15, 0.2) is 45.0 Å². The SMILES string of the molecule is C.C.CCCc1nnc(-c2nc(Cl)c(N3C[C@H](CC)N(C4CCN(C(=O)c5ccc(Cl)nc5N)CC4)C[C@H]3C)nc2N)o1.CCCc1nnc(-c2nc(Cl)c(N3C[C@H](CC)N(C4CCNCC4)C[C@H]3C)nc2N)o1.Nc1nc(Cl)ccc1[C-]=O.[Li+].[OH-]. The van der Waals surface area contributed by atoms with E-state index in [-0.39, 0.29) is 119 Å². The van der Waals surface area contributed by atoms with Crippen molar-refractivity contribution in [3.8, 4) is 23.2 Å². The number of nitrogen functional groups attached to an aromatic ring is 4. The number of rotatable bonds is 14. The zero-order valence-electron chi connectivity index (χ0n) is 48.6. The summed E-state index contributed by atoms with van der Waals surface area (Å²) in [4.78, 5) is 60.6. The average Bonchev–Trinajstić information content (AvgIpc) is 1.44. The number of aromatic nitrogens is 10. The minimum absolute atomic E-state index is 0. The van der Waals surface area contributed by atoms with Crippen molar-refractivity contribution in [3.05, 3.63) is 67.8 Å². The Labute approximate surface area is 536 Å². The number of nitrogens with two attached hydrogens (primary N) is 4. The first kappa shape index (κ1) is 72.8. The maximum absolute atomic E-state index is 13.1. The molecule has 0 unspecified atom stereocenters. The van der Waals surface area contributed by atoms with Crippen LogP contribution in [-0.4, -0.2) is 171 Å². The summed E-state index contributed by atoms with van der Waals surface area (Å²) in [5, 5.41) is 20.8. The molecule has 0 aromatic carbocycles. The second-order valence-corrected chi connectivity index (χ2v) is 22.4. The molecule has 6 aromatic heterocycles. The van der Waals surface area contributed by atoms with Crippen LogP contribution in [0.15, 0.2) is 33.1 Å². The van der Waals surface area contributed by atoms with E-state index in [1.54, 1.807) is 18.4 Å². The Bertz CT molecular complexity index is 3130. The molecular formula is C56H82Cl4LiN20O5-. The number of piperazine rings is 2. The van der Waals surface area contributed by atoms with Crippen molar-refractivity contribution in [2.75, 3.05) is 85.1 Å². The predicted octanol–water partition coefficient (Wildman–Crippen LogP) is 5.57. The second kappa shape index (κ2) is 33.6. The van der Waals surface area contributed by atoms with E-state index >= 15 is 0 Å². The normalized spacial score (nSPS) is 19.3. The molecule has 10 rings (SSSR count). The molecule has 0 aliphatic carbocycles. The summed E-state index contributed by atoms with van der Waals surface area (Å²) in [6, 6.07) is 8.30. The van der Waals surface area contributed by atoms with E-state index in [1.807, 2.05) is 11.8 Å². The van der Waals surface area contributed by atoms with Crippen LogP contribution in [0.1, 0.15) is 135 Å². The molecule has 4 saturated heterocycles. The van der Waals surface area contributed by atoms with E-state index < -0.39 is 0 Å². The van der Waals surface area contributed by atoms with Crippen LogP contribution in [0.25, 0.3) is 23.2 Å². The maximum Gasteiger partial charge on any atom is 1.00 e. The molecule has 1 amide bonds. The van der Waals surface area contributed by atoms with Gasteiger partial charge in [0.05, 0.1) is 11.8 Å². The van der Waals surface area contributed by atoms with E-state index in [4.69, 9.17) is 78.2 Å². The van der Waals surface area contributed by atoms with Crippen molar-refractivity contribution >= 4 is 93.5 Å². The summed E-state index contributed by atoms with van der Waals surface area (Å²) < 4.78 is 11.4. The van der Waals surface area contributed by atoms with Gasteiger partial charge in [-0.25, -0.2) is 24.9 Å². The van der Waals surface area contributed by atoms with Crippen LogP contribution in [0.4, 0.5) is 34.9 Å². The van der Waals surface area contributed by atoms with Gasteiger partial charge in [0, 0.05) is 94.2 Å². The standard InChI is InChI=1S/C27H36Cl2N10O2.C21H33ClN8O.C6H4ClN2O.2CH4.Li.H2O/c1-4-6-20-35-36-26(41-20)21-24(31)34-25(22(29)33-21)38-14-16(5-2)39(13-15(38)3)17-9-11-37(12-10-17)27(40)18-7-8-19(28)32-23(18)30;1-4-6-16-27-28-21(31-16)17-19(23)26-20(18(22)25-17)29-12-14(5-2)30(11-13(29)3)15-7-9-24-10-8-15;7-5-2-1-4(3-10)6(8)9-5;;;;/h7-8,15-17H,4-6,9-14H2,1-3H3,(H2,30,32)(H2,31,34);13-15,24H,4-12H2,1-3H3,(H2,23,26);1-2H,(H2,8,9);2*1H4;;1H2/q;;-1;;;+1;/p-1/t15-,16+;13-,14+;;;;;/m11...../s1. The third-order valence-corrected chi connectivity index (χ3v) is 16.3. The predicted molar refractivity (Wildman–Crippen MR) is 335 cm³/mol. The monoisotopic (exact) mass is 1260 g/mol. The van der Waals surface area contributed by atoms with E-state index in [9.17, 15) is 9.59 Å². The second-order valence-electron chi connectivity index (χ2n) is 20.9. The minimum Gasteiger partial charge on any atom is -0.870 e. The fourth-order valence-electron chi connectivity index (χ4n) is 11.1. The number of nitrogens with zero attached hydrogens (tertiary/aromatic N) is 15. The van der Waals surface area contributed by atoms with Gasteiger partial charge in [0.2, 0.25) is 11.8 Å². The Kier molecular flexibility index (Phi) is 28.4. The number of carbonyl (C=O) groups is 1. The van der Waals surface area contributed by atoms with Crippen molar-refractivity contribution in [1.29, 1.82) is 0 Å². The van der Waals surface area contributed by atoms with Crippen LogP contribution in [0, 0.1) is 0 Å². The molecule has 4 aliphatic rings. The number of anilines is 6. The molecule has 0 bridgehead atoms. The van der Waals surface area contributed by atoms with E-state index in [0.29, 0.717) is 89.6 Å². The van der Waals surface area contributed by atoms with E-state index in [1.165, 1.54) is 25.0 Å². The Morgan fingerprint density at radius 1 is 0.616 bits per heavy atom. The molecular weight excluding hydrogens is 1180 g/mol. The number of halogens is 4. The number of hydrogen-bond acceptors (Lipinski definition) is 24. The number of nitrogens with one attached hydrogen (secondary N) is 1. The number of likely N-dealkylation sites (tertiary alicyclic amines) is 1. The van der Waals surface area contributed by atoms with Gasteiger partial charge in [-0.2, -0.15) is 6.07 Å². The zero-order valence-corrected chi connectivity index (χ0v) is 51.6. The van der Waals surface area contributed by atoms with Gasteiger partial charge in [-0.15, -0.1) is 26.0 Å². The first-order chi connectivity index (χ1) is 39.4. The average molecular weight is 1260 g/mol. The van der Waals surface area contributed by atoms with Crippen molar-refractivity contribution in [3.63, 3.8) is 0 Å².